The van der Waals surface area contributed by atoms with Crippen LogP contribution in [0.4, 0.5) is 0 Å². The van der Waals surface area contributed by atoms with Crippen molar-refractivity contribution in [2.45, 2.75) is 5.54 Å². The Hall–Kier alpha value is -4.07. The second-order valence-electron chi connectivity index (χ2n) is 7.33. The summed E-state index contributed by atoms with van der Waals surface area (Å²) < 4.78 is 16.8. The van der Waals surface area contributed by atoms with E-state index in [0.717, 1.165) is 11.1 Å². The lowest BCUT2D eigenvalue weighted by Gasteiger charge is -2.34. The number of amides is 1. The zero-order chi connectivity index (χ0) is 21.8. The monoisotopic (exact) mass is 416 g/mol. The first kappa shape index (κ1) is 18.9. The minimum atomic E-state index is -1.36. The Morgan fingerprint density at radius 2 is 1.65 bits per heavy atom. The molecule has 1 spiro atoms. The average Bonchev–Trinajstić information content (AvgIpc) is 3.03. The zero-order valence-corrected chi connectivity index (χ0v) is 17.2. The highest BCUT2D eigenvalue weighted by Gasteiger charge is 2.54. The standard InChI is InChI=1S/C23H20N4O4/c1-27-21(28)23(26-22(27)24)17-9-13(14-8-16(30-3)12-25-11-14)4-6-19(17)31-20-7-5-15(29-2)10-18(20)23/h4-12H,1-3H3,(H2,24,26). The lowest BCUT2D eigenvalue weighted by Crippen LogP contribution is -2.42. The number of nitrogens with zero attached hydrogens (tertiary/aromatic N) is 3. The van der Waals surface area contributed by atoms with Gasteiger partial charge in [-0.25, -0.2) is 4.99 Å². The van der Waals surface area contributed by atoms with Crippen LogP contribution in [0.3, 0.4) is 0 Å². The van der Waals surface area contributed by atoms with Crippen LogP contribution in [-0.2, 0) is 10.3 Å². The topological polar surface area (TPSA) is 99.3 Å². The van der Waals surface area contributed by atoms with Crippen molar-refractivity contribution in [2.24, 2.45) is 10.7 Å². The van der Waals surface area contributed by atoms with E-state index in [1.54, 1.807) is 51.9 Å². The molecule has 2 aliphatic rings. The minimum absolute atomic E-state index is 0.139. The molecule has 0 saturated carbocycles. The highest BCUT2D eigenvalue weighted by molar-refractivity contribution is 6.10. The molecule has 0 fully saturated rings. The minimum Gasteiger partial charge on any atom is -0.497 e. The molecule has 0 radical (unpaired) electrons. The fourth-order valence-electron chi connectivity index (χ4n) is 4.03. The van der Waals surface area contributed by atoms with Gasteiger partial charge in [-0.2, -0.15) is 0 Å². The Balaban J connectivity index is 1.77. The molecular weight excluding hydrogens is 396 g/mol. The third kappa shape index (κ3) is 2.64. The smallest absolute Gasteiger partial charge is 0.266 e. The quantitative estimate of drug-likeness (QED) is 0.705. The largest absolute Gasteiger partial charge is 0.497 e. The number of carbonyl (C=O) groups excluding carboxylic acids is 1. The van der Waals surface area contributed by atoms with Gasteiger partial charge in [0.15, 0.2) is 5.96 Å². The Morgan fingerprint density at radius 1 is 0.935 bits per heavy atom. The van der Waals surface area contributed by atoms with Crippen LogP contribution < -0.4 is 19.9 Å². The Morgan fingerprint density at radius 3 is 2.32 bits per heavy atom. The van der Waals surface area contributed by atoms with Gasteiger partial charge in [0.25, 0.3) is 5.91 Å². The molecule has 3 heterocycles. The number of hydrogen-bond acceptors (Lipinski definition) is 7. The van der Waals surface area contributed by atoms with E-state index in [1.807, 2.05) is 24.3 Å². The Kier molecular flexibility index (Phi) is 4.11. The van der Waals surface area contributed by atoms with Crippen molar-refractivity contribution >= 4 is 11.9 Å². The normalized spacial score (nSPS) is 18.9. The van der Waals surface area contributed by atoms with Crippen molar-refractivity contribution in [2.75, 3.05) is 21.3 Å². The molecule has 0 aliphatic carbocycles. The van der Waals surface area contributed by atoms with Crippen molar-refractivity contribution < 1.29 is 19.0 Å². The highest BCUT2D eigenvalue weighted by atomic mass is 16.5. The summed E-state index contributed by atoms with van der Waals surface area (Å²) >= 11 is 0. The van der Waals surface area contributed by atoms with Crippen LogP contribution in [0.2, 0.25) is 0 Å². The van der Waals surface area contributed by atoms with E-state index in [-0.39, 0.29) is 11.9 Å². The molecule has 2 aromatic carbocycles. The van der Waals surface area contributed by atoms with Crippen molar-refractivity contribution in [3.05, 3.63) is 66.0 Å². The van der Waals surface area contributed by atoms with Gasteiger partial charge in [-0.1, -0.05) is 6.07 Å². The van der Waals surface area contributed by atoms with Gasteiger partial charge in [-0.15, -0.1) is 0 Å². The van der Waals surface area contributed by atoms with Gasteiger partial charge in [0.2, 0.25) is 5.54 Å². The third-order valence-electron chi connectivity index (χ3n) is 5.69. The molecule has 0 bridgehead atoms. The molecule has 31 heavy (non-hydrogen) atoms. The number of methoxy groups -OCH3 is 2. The average molecular weight is 416 g/mol. The molecule has 1 aromatic heterocycles. The molecule has 2 aliphatic heterocycles. The molecule has 8 heteroatoms. The van der Waals surface area contributed by atoms with Gasteiger partial charge in [0, 0.05) is 29.9 Å². The zero-order valence-electron chi connectivity index (χ0n) is 17.2. The summed E-state index contributed by atoms with van der Waals surface area (Å²) in [6, 6.07) is 12.8. The summed E-state index contributed by atoms with van der Waals surface area (Å²) in [5.74, 6) is 2.18. The van der Waals surface area contributed by atoms with Gasteiger partial charge in [0.05, 0.1) is 20.4 Å². The van der Waals surface area contributed by atoms with E-state index in [1.165, 1.54) is 4.90 Å². The van der Waals surface area contributed by atoms with E-state index in [4.69, 9.17) is 19.9 Å². The van der Waals surface area contributed by atoms with Crippen LogP contribution in [0.1, 0.15) is 11.1 Å². The van der Waals surface area contributed by atoms with Crippen LogP contribution in [0.25, 0.3) is 11.1 Å². The van der Waals surface area contributed by atoms with Gasteiger partial charge in [-0.3, -0.25) is 14.7 Å². The number of aromatic nitrogens is 1. The van der Waals surface area contributed by atoms with Crippen LogP contribution in [0.5, 0.6) is 23.0 Å². The number of likely N-dealkylation sites (N-methyl/N-ethyl adjacent to an activating group) is 1. The molecule has 8 nitrogen and oxygen atoms in total. The molecule has 156 valence electrons. The summed E-state index contributed by atoms with van der Waals surface area (Å²) in [7, 11) is 4.77. The first-order valence-corrected chi connectivity index (χ1v) is 9.61. The number of guanidine groups is 1. The molecule has 1 atom stereocenters. The SMILES string of the molecule is COc1cncc(-c2ccc3c(c2)C2(N=C(N)N(C)C2=O)c2cc(OC)ccc2O3)c1. The van der Waals surface area contributed by atoms with Gasteiger partial charge >= 0.3 is 0 Å². The predicted octanol–water partition coefficient (Wildman–Crippen LogP) is 2.90. The molecule has 2 N–H and O–H groups in total. The summed E-state index contributed by atoms with van der Waals surface area (Å²) in [5, 5.41) is 0. The van der Waals surface area contributed by atoms with Gasteiger partial charge in [0.1, 0.15) is 23.0 Å². The van der Waals surface area contributed by atoms with Crippen molar-refractivity contribution in [1.29, 1.82) is 0 Å². The van der Waals surface area contributed by atoms with E-state index < -0.39 is 5.54 Å². The molecule has 3 aromatic rings. The van der Waals surface area contributed by atoms with Crippen LogP contribution in [-0.4, -0.2) is 43.0 Å². The number of nitrogens with two attached hydrogens (primary N) is 1. The first-order valence-electron chi connectivity index (χ1n) is 9.61. The molecule has 1 amide bonds. The van der Waals surface area contributed by atoms with Crippen LogP contribution >= 0.6 is 0 Å². The Labute approximate surface area is 178 Å². The maximum atomic E-state index is 13.6. The second-order valence-corrected chi connectivity index (χ2v) is 7.33. The number of pyridine rings is 1. The number of rotatable bonds is 3. The maximum Gasteiger partial charge on any atom is 0.266 e. The summed E-state index contributed by atoms with van der Waals surface area (Å²) in [6.07, 6.45) is 3.37. The summed E-state index contributed by atoms with van der Waals surface area (Å²) in [4.78, 5) is 23.8. The number of fused-ring (bicyclic) bond motifs is 4. The van der Waals surface area contributed by atoms with E-state index in [9.17, 15) is 4.79 Å². The van der Waals surface area contributed by atoms with Gasteiger partial charge in [-0.05, 0) is 42.0 Å². The number of aliphatic imine (C=N–C) groups is 1. The Bertz CT molecular complexity index is 1260. The fraction of sp³-hybridized carbons (Fsp3) is 0.174. The van der Waals surface area contributed by atoms with Gasteiger partial charge < -0.3 is 19.9 Å². The van der Waals surface area contributed by atoms with Crippen molar-refractivity contribution in [3.63, 3.8) is 0 Å². The van der Waals surface area contributed by atoms with E-state index in [0.29, 0.717) is 34.1 Å². The first-order chi connectivity index (χ1) is 15.0. The summed E-state index contributed by atoms with van der Waals surface area (Å²) in [6.45, 7) is 0. The second kappa shape index (κ2) is 6.73. The molecule has 1 unspecified atom stereocenters. The predicted molar refractivity (Wildman–Crippen MR) is 114 cm³/mol. The number of carbonyl (C=O) groups is 1. The lowest BCUT2D eigenvalue weighted by atomic mass is 9.79. The molecule has 5 rings (SSSR count). The van der Waals surface area contributed by atoms with Crippen LogP contribution in [0.15, 0.2) is 59.9 Å². The fourth-order valence-corrected chi connectivity index (χ4v) is 4.03. The van der Waals surface area contributed by atoms with E-state index in [2.05, 4.69) is 9.98 Å². The highest BCUT2D eigenvalue weighted by Crippen LogP contribution is 2.53. The van der Waals surface area contributed by atoms with E-state index >= 15 is 0 Å². The number of benzene rings is 2. The lowest BCUT2D eigenvalue weighted by molar-refractivity contribution is -0.129. The summed E-state index contributed by atoms with van der Waals surface area (Å²) in [5.41, 5.74) is 7.60. The third-order valence-corrected chi connectivity index (χ3v) is 5.69. The van der Waals surface area contributed by atoms with Crippen LogP contribution in [0, 0.1) is 0 Å². The molecular formula is C23H20N4O4. The van der Waals surface area contributed by atoms with Crippen molar-refractivity contribution in [3.8, 4) is 34.1 Å². The maximum absolute atomic E-state index is 13.6. The number of ether oxygens (including phenoxy) is 3. The molecule has 0 saturated heterocycles. The number of hydrogen-bond donors (Lipinski definition) is 1. The van der Waals surface area contributed by atoms with Crippen molar-refractivity contribution in [1.82, 2.24) is 9.88 Å².